The minimum absolute atomic E-state index is 0.0239. The highest BCUT2D eigenvalue weighted by atomic mass is 32.1. The number of carbonyl (C=O) groups is 2. The number of thiol groups is 1. The molecule has 14 nitrogen and oxygen atoms in total. The summed E-state index contributed by atoms with van der Waals surface area (Å²) in [6.07, 6.45) is 2.58. The molecule has 1 aliphatic heterocycles. The van der Waals surface area contributed by atoms with Gasteiger partial charge in [0.2, 0.25) is 6.41 Å². The van der Waals surface area contributed by atoms with Crippen molar-refractivity contribution in [1.82, 2.24) is 15.3 Å². The number of aliphatic hydroxyl groups excluding tert-OH is 1. The van der Waals surface area contributed by atoms with Crippen LogP contribution in [0.25, 0.3) is 0 Å². The van der Waals surface area contributed by atoms with Crippen LogP contribution in [-0.2, 0) is 9.47 Å². The van der Waals surface area contributed by atoms with Crippen LogP contribution in [-0.4, -0.2) is 71.7 Å². The van der Waals surface area contributed by atoms with E-state index >= 15 is 0 Å². The van der Waals surface area contributed by atoms with Gasteiger partial charge in [-0.15, -0.1) is 4.91 Å². The van der Waals surface area contributed by atoms with E-state index in [1.807, 2.05) is 19.9 Å². The van der Waals surface area contributed by atoms with Gasteiger partial charge in [-0.2, -0.15) is 12.6 Å². The number of hydrogen-bond acceptors (Lipinski definition) is 12. The predicted octanol–water partition coefficient (Wildman–Crippen LogP) is 4.85. The van der Waals surface area contributed by atoms with E-state index in [-0.39, 0.29) is 36.0 Å². The van der Waals surface area contributed by atoms with Crippen molar-refractivity contribution in [2.75, 3.05) is 36.2 Å². The maximum absolute atomic E-state index is 12.3. The summed E-state index contributed by atoms with van der Waals surface area (Å²) in [5, 5.41) is 18.9. The second-order valence-electron chi connectivity index (χ2n) is 9.32. The van der Waals surface area contributed by atoms with Gasteiger partial charge in [0.1, 0.15) is 24.4 Å². The number of nitroso groups, excluding NO2 is 1. The molecule has 4 rings (SSSR count). The molecular formula is C30H37N7O7S. The Balaban J connectivity index is 0.00000271. The van der Waals surface area contributed by atoms with Crippen LogP contribution >= 0.6 is 12.6 Å². The number of urea groups is 1. The highest BCUT2D eigenvalue weighted by Crippen LogP contribution is 2.36. The fourth-order valence-corrected chi connectivity index (χ4v) is 4.08. The number of amides is 3. The molecule has 0 fully saturated rings. The molecule has 1 aromatic heterocycles. The van der Waals surface area contributed by atoms with E-state index in [0.29, 0.717) is 24.3 Å². The number of hydrogen-bond donors (Lipinski definition) is 4. The molecule has 15 heteroatoms. The van der Waals surface area contributed by atoms with Gasteiger partial charge in [0, 0.05) is 23.5 Å². The molecule has 3 N–H and O–H groups in total. The van der Waals surface area contributed by atoms with Gasteiger partial charge in [-0.05, 0) is 31.2 Å². The zero-order chi connectivity index (χ0) is 32.6. The summed E-state index contributed by atoms with van der Waals surface area (Å²) in [7, 11) is 0. The highest BCUT2D eigenvalue weighted by molar-refractivity contribution is 7.79. The smallest absolute Gasteiger partial charge is 0.320 e. The minimum Gasteiger partial charge on any atom is -0.490 e. The van der Waals surface area contributed by atoms with Gasteiger partial charge < -0.3 is 29.5 Å². The van der Waals surface area contributed by atoms with Crippen LogP contribution in [0.4, 0.5) is 22.1 Å². The predicted molar refractivity (Wildman–Crippen MR) is 173 cm³/mol. The first-order valence-electron chi connectivity index (χ1n) is 14.2. The molecule has 3 amide bonds. The Bertz CT molecular complexity index is 1430. The molecular weight excluding hydrogens is 602 g/mol. The van der Waals surface area contributed by atoms with Crippen molar-refractivity contribution in [2.45, 2.75) is 45.5 Å². The van der Waals surface area contributed by atoms with Crippen LogP contribution in [0.3, 0.4) is 0 Å². The third-order valence-corrected chi connectivity index (χ3v) is 6.32. The summed E-state index contributed by atoms with van der Waals surface area (Å²) in [5.74, 6) is -0.288. The largest absolute Gasteiger partial charge is 0.490 e. The van der Waals surface area contributed by atoms with Gasteiger partial charge >= 0.3 is 11.9 Å². The van der Waals surface area contributed by atoms with E-state index in [2.05, 4.69) is 43.4 Å². The van der Waals surface area contributed by atoms with Crippen LogP contribution in [0.1, 0.15) is 48.9 Å². The van der Waals surface area contributed by atoms with Crippen molar-refractivity contribution in [3.63, 3.8) is 0 Å². The van der Waals surface area contributed by atoms with Crippen molar-refractivity contribution in [3.05, 3.63) is 77.0 Å². The molecule has 2 aromatic carbocycles. The summed E-state index contributed by atoms with van der Waals surface area (Å²) in [6.45, 7) is 4.46. The first-order valence-corrected chi connectivity index (χ1v) is 15.1. The standard InChI is InChI=1S/C29H33N7O7.CH4S/c1-3-14-31-28(39)34-24-23-25(33-18-32-24)36(16-15-30-23)29(43-27(38)19-10-6-5-7-11-19)42-20(4-2)17-41-22-13-9-8-12-21(22)26(37)35-40;1-2/h5-13,15,18,20,27,29,38H,3-4,14,16-17H2,1-2H3,(H2,31,32,33,34,39);2H,1H3/t20?,27-,29?;/m0./s1. The molecule has 0 radical (unpaired) electrons. The average molecular weight is 640 g/mol. The van der Waals surface area contributed by atoms with Crippen LogP contribution in [0.2, 0.25) is 0 Å². The summed E-state index contributed by atoms with van der Waals surface area (Å²) < 4.78 is 18.2. The molecule has 0 bridgehead atoms. The van der Waals surface area contributed by atoms with Gasteiger partial charge in [0.05, 0.1) is 18.2 Å². The number of aliphatic hydroxyl groups is 1. The van der Waals surface area contributed by atoms with E-state index in [4.69, 9.17) is 14.2 Å². The molecule has 0 saturated heterocycles. The molecule has 240 valence electrons. The Hall–Kier alpha value is -4.44. The minimum atomic E-state index is -1.37. The molecule has 1 aliphatic rings. The van der Waals surface area contributed by atoms with Crippen LogP contribution in [0, 0.1) is 4.91 Å². The van der Waals surface area contributed by atoms with Crippen molar-refractivity contribution in [2.24, 2.45) is 10.2 Å². The maximum atomic E-state index is 12.3. The second-order valence-corrected chi connectivity index (χ2v) is 9.32. The summed E-state index contributed by atoms with van der Waals surface area (Å²) in [5.41, 5.74) is 0.808. The lowest BCUT2D eigenvalue weighted by molar-refractivity contribution is -0.248. The van der Waals surface area contributed by atoms with Gasteiger partial charge in [0.25, 0.3) is 0 Å². The van der Waals surface area contributed by atoms with Gasteiger partial charge in [-0.25, -0.2) is 14.8 Å². The van der Waals surface area contributed by atoms with Crippen LogP contribution < -0.4 is 20.3 Å². The number of aliphatic imine (C=N–C) groups is 1. The average Bonchev–Trinajstić information content (AvgIpc) is 3.09. The van der Waals surface area contributed by atoms with Crippen molar-refractivity contribution >= 4 is 48.1 Å². The number of anilines is 2. The number of aromatic nitrogens is 2. The molecule has 45 heavy (non-hydrogen) atoms. The number of para-hydroxylation sites is 1. The maximum Gasteiger partial charge on any atom is 0.320 e. The number of nitrogens with zero attached hydrogens (tertiary/aromatic N) is 5. The number of benzene rings is 2. The number of nitrogens with one attached hydrogen (secondary N) is 2. The molecule has 0 spiro atoms. The zero-order valence-corrected chi connectivity index (χ0v) is 26.1. The summed E-state index contributed by atoms with van der Waals surface area (Å²) >= 11 is 3.53. The number of ether oxygens (including phenoxy) is 3. The van der Waals surface area contributed by atoms with E-state index in [1.54, 1.807) is 59.8 Å². The van der Waals surface area contributed by atoms with Crippen LogP contribution in [0.5, 0.6) is 5.75 Å². The first kappa shape index (κ1) is 35.0. The number of carbonyl (C=O) groups excluding carboxylic acids is 2. The molecule has 2 unspecified atom stereocenters. The Morgan fingerprint density at radius 1 is 1.07 bits per heavy atom. The number of fused-ring (bicyclic) bond motifs is 1. The Kier molecular flexibility index (Phi) is 14.3. The summed E-state index contributed by atoms with van der Waals surface area (Å²) in [4.78, 5) is 49.7. The Morgan fingerprint density at radius 3 is 2.51 bits per heavy atom. The SMILES string of the molecule is CCCNC(=O)Nc1ncnc2c1N=CCN2C(OC(CC)COc1ccccc1C(=O)N=O)O[C@H](O)c1ccccc1.CS. The third-order valence-electron chi connectivity index (χ3n) is 6.32. The van der Waals surface area contributed by atoms with Gasteiger partial charge in [0.15, 0.2) is 17.9 Å². The number of rotatable bonds is 14. The topological polar surface area (TPSA) is 177 Å². The highest BCUT2D eigenvalue weighted by Gasteiger charge is 2.32. The van der Waals surface area contributed by atoms with E-state index in [9.17, 15) is 19.6 Å². The monoisotopic (exact) mass is 639 g/mol. The molecule has 2 heterocycles. The lowest BCUT2D eigenvalue weighted by atomic mass is 10.2. The van der Waals surface area contributed by atoms with E-state index < -0.39 is 30.7 Å². The molecule has 3 atom stereocenters. The third kappa shape index (κ3) is 9.78. The zero-order valence-electron chi connectivity index (χ0n) is 25.2. The van der Waals surface area contributed by atoms with Crippen molar-refractivity contribution < 1.29 is 28.9 Å². The normalized spacial score (nSPS) is 13.8. The quantitative estimate of drug-likeness (QED) is 0.108. The Morgan fingerprint density at radius 2 is 1.80 bits per heavy atom. The lowest BCUT2D eigenvalue weighted by Gasteiger charge is -2.36. The second kappa shape index (κ2) is 18.4. The first-order chi connectivity index (χ1) is 21.9. The fourth-order valence-electron chi connectivity index (χ4n) is 4.08. The van der Waals surface area contributed by atoms with Gasteiger partial charge in [-0.3, -0.25) is 15.1 Å². The molecule has 3 aromatic rings. The molecule has 0 saturated carbocycles. The van der Waals surface area contributed by atoms with Crippen molar-refractivity contribution in [1.29, 1.82) is 0 Å². The summed E-state index contributed by atoms with van der Waals surface area (Å²) in [6, 6.07) is 14.6. The lowest BCUT2D eigenvalue weighted by Crippen LogP contribution is -2.46. The van der Waals surface area contributed by atoms with E-state index in [0.717, 1.165) is 6.42 Å². The Labute approximate surface area is 266 Å². The van der Waals surface area contributed by atoms with Crippen LogP contribution in [0.15, 0.2) is 71.1 Å². The van der Waals surface area contributed by atoms with E-state index in [1.165, 1.54) is 12.4 Å². The van der Waals surface area contributed by atoms with Crippen molar-refractivity contribution in [3.8, 4) is 5.75 Å². The molecule has 0 aliphatic carbocycles. The van der Waals surface area contributed by atoms with Gasteiger partial charge in [-0.1, -0.05) is 56.3 Å². The fraction of sp³-hybridized carbons (Fsp3) is 0.367.